The molecule has 0 aliphatic carbocycles. The van der Waals surface area contributed by atoms with Crippen molar-refractivity contribution in [3.05, 3.63) is 83.0 Å². The number of carbonyl (C=O) groups excluding carboxylic acids is 1. The van der Waals surface area contributed by atoms with Gasteiger partial charge >= 0.3 is 5.97 Å². The molecule has 140 valence electrons. The summed E-state index contributed by atoms with van der Waals surface area (Å²) in [5.41, 5.74) is 3.05. The molecule has 0 saturated carbocycles. The Hall–Kier alpha value is -3.45. The first kappa shape index (κ1) is 17.9. The summed E-state index contributed by atoms with van der Waals surface area (Å²) in [6.07, 6.45) is 1.72. The minimum absolute atomic E-state index is 0.112. The van der Waals surface area contributed by atoms with Gasteiger partial charge in [-0.05, 0) is 61.5 Å². The third-order valence-electron chi connectivity index (χ3n) is 4.08. The van der Waals surface area contributed by atoms with Crippen molar-refractivity contribution < 1.29 is 14.1 Å². The molecular weight excluding hydrogens is 380 g/mol. The average Bonchev–Trinajstić information content (AvgIpc) is 3.36. The van der Waals surface area contributed by atoms with Crippen molar-refractivity contribution in [3.8, 4) is 17.1 Å². The van der Waals surface area contributed by atoms with Gasteiger partial charge in [0.05, 0.1) is 11.3 Å². The van der Waals surface area contributed by atoms with E-state index in [4.69, 9.17) is 20.9 Å². The molecule has 0 atom stereocenters. The molecule has 2 aromatic carbocycles. The van der Waals surface area contributed by atoms with Gasteiger partial charge in [0, 0.05) is 22.5 Å². The van der Waals surface area contributed by atoms with Gasteiger partial charge in [-0.3, -0.25) is 0 Å². The lowest BCUT2D eigenvalue weighted by Crippen LogP contribution is -2.06. The molecule has 0 amide bonds. The molecule has 7 nitrogen and oxygen atoms in total. The second-order valence-corrected chi connectivity index (χ2v) is 6.46. The molecule has 0 N–H and O–H groups in total. The molecule has 0 aliphatic rings. The summed E-state index contributed by atoms with van der Waals surface area (Å²) in [6, 6.07) is 15.9. The maximum absolute atomic E-state index is 12.2. The van der Waals surface area contributed by atoms with Crippen LogP contribution in [0.15, 0.2) is 65.3 Å². The molecule has 0 aliphatic heterocycles. The number of halogens is 1. The van der Waals surface area contributed by atoms with E-state index < -0.39 is 5.97 Å². The third-order valence-corrected chi connectivity index (χ3v) is 4.33. The lowest BCUT2D eigenvalue weighted by atomic mass is 10.2. The highest BCUT2D eigenvalue weighted by Crippen LogP contribution is 2.19. The first-order valence-electron chi connectivity index (χ1n) is 8.47. The van der Waals surface area contributed by atoms with E-state index in [1.54, 1.807) is 47.3 Å². The van der Waals surface area contributed by atoms with E-state index in [9.17, 15) is 4.79 Å². The largest absolute Gasteiger partial charge is 0.452 e. The van der Waals surface area contributed by atoms with E-state index >= 15 is 0 Å². The van der Waals surface area contributed by atoms with Crippen molar-refractivity contribution in [1.82, 2.24) is 19.9 Å². The molecule has 8 heteroatoms. The van der Waals surface area contributed by atoms with Gasteiger partial charge in [0.2, 0.25) is 5.82 Å². The first-order chi connectivity index (χ1) is 13.6. The maximum Gasteiger partial charge on any atom is 0.338 e. The van der Waals surface area contributed by atoms with Gasteiger partial charge in [-0.25, -0.2) is 9.48 Å². The van der Waals surface area contributed by atoms with Crippen LogP contribution in [0.2, 0.25) is 5.02 Å². The van der Waals surface area contributed by atoms with Crippen LogP contribution in [0.4, 0.5) is 0 Å². The standard InChI is InChI=1S/C20H15ClN4O3/c1-13-10-11-22-25(13)17-8-4-15(5-9-17)20(26)27-12-18-23-19(24-28-18)14-2-6-16(21)7-3-14/h2-11H,12H2,1H3. The maximum atomic E-state index is 12.2. The number of aromatic nitrogens is 4. The number of esters is 1. The van der Waals surface area contributed by atoms with Crippen molar-refractivity contribution in [2.75, 3.05) is 0 Å². The Kier molecular flexibility index (Phi) is 4.90. The van der Waals surface area contributed by atoms with Crippen molar-refractivity contribution in [3.63, 3.8) is 0 Å². The van der Waals surface area contributed by atoms with Crippen LogP contribution < -0.4 is 0 Å². The average molecular weight is 395 g/mol. The fourth-order valence-electron chi connectivity index (χ4n) is 2.62. The number of aryl methyl sites for hydroxylation is 1. The van der Waals surface area contributed by atoms with E-state index in [0.717, 1.165) is 16.9 Å². The zero-order valence-corrected chi connectivity index (χ0v) is 15.6. The Bertz CT molecular complexity index is 1100. The molecule has 2 aromatic heterocycles. The topological polar surface area (TPSA) is 83.0 Å². The highest BCUT2D eigenvalue weighted by molar-refractivity contribution is 6.30. The second kappa shape index (κ2) is 7.66. The van der Waals surface area contributed by atoms with E-state index in [1.807, 2.05) is 25.1 Å². The Labute approximate surface area is 165 Å². The van der Waals surface area contributed by atoms with Gasteiger partial charge in [-0.2, -0.15) is 10.1 Å². The van der Waals surface area contributed by atoms with E-state index in [2.05, 4.69) is 15.2 Å². The Morgan fingerprint density at radius 2 is 1.86 bits per heavy atom. The molecule has 0 fully saturated rings. The van der Waals surface area contributed by atoms with Gasteiger partial charge in [0.15, 0.2) is 6.61 Å². The Balaban J connectivity index is 1.39. The van der Waals surface area contributed by atoms with E-state index in [0.29, 0.717) is 16.4 Å². The van der Waals surface area contributed by atoms with Crippen LogP contribution in [-0.4, -0.2) is 25.9 Å². The van der Waals surface area contributed by atoms with Crippen molar-refractivity contribution in [1.29, 1.82) is 0 Å². The molecular formula is C20H15ClN4O3. The zero-order chi connectivity index (χ0) is 19.5. The van der Waals surface area contributed by atoms with Crippen molar-refractivity contribution in [2.24, 2.45) is 0 Å². The molecule has 0 spiro atoms. The molecule has 4 aromatic rings. The fraction of sp³-hybridized carbons (Fsp3) is 0.100. The lowest BCUT2D eigenvalue weighted by molar-refractivity contribution is 0.0430. The third kappa shape index (κ3) is 3.79. The monoisotopic (exact) mass is 394 g/mol. The number of rotatable bonds is 5. The second-order valence-electron chi connectivity index (χ2n) is 6.03. The highest BCUT2D eigenvalue weighted by Gasteiger charge is 2.13. The number of nitrogens with zero attached hydrogens (tertiary/aromatic N) is 4. The van der Waals surface area contributed by atoms with Gasteiger partial charge in [-0.15, -0.1) is 0 Å². The zero-order valence-electron chi connectivity index (χ0n) is 14.9. The molecule has 0 bridgehead atoms. The summed E-state index contributed by atoms with van der Waals surface area (Å²) in [4.78, 5) is 16.5. The van der Waals surface area contributed by atoms with Gasteiger partial charge in [0.1, 0.15) is 0 Å². The van der Waals surface area contributed by atoms with Crippen molar-refractivity contribution >= 4 is 17.6 Å². The van der Waals surface area contributed by atoms with Crippen LogP contribution in [0, 0.1) is 6.92 Å². The Morgan fingerprint density at radius 3 is 2.54 bits per heavy atom. The highest BCUT2D eigenvalue weighted by atomic mass is 35.5. The minimum atomic E-state index is -0.477. The van der Waals surface area contributed by atoms with Gasteiger partial charge < -0.3 is 9.26 Å². The number of carbonyl (C=O) groups is 1. The Morgan fingerprint density at radius 1 is 1.11 bits per heavy atom. The molecule has 0 unspecified atom stereocenters. The molecule has 2 heterocycles. The number of hydrogen-bond donors (Lipinski definition) is 0. The lowest BCUT2D eigenvalue weighted by Gasteiger charge is -2.06. The van der Waals surface area contributed by atoms with Gasteiger partial charge in [0.25, 0.3) is 5.89 Å². The summed E-state index contributed by atoms with van der Waals surface area (Å²) in [5, 5.41) is 8.74. The summed E-state index contributed by atoms with van der Waals surface area (Å²) >= 11 is 5.87. The van der Waals surface area contributed by atoms with Crippen LogP contribution in [-0.2, 0) is 11.3 Å². The van der Waals surface area contributed by atoms with Crippen LogP contribution in [0.5, 0.6) is 0 Å². The first-order valence-corrected chi connectivity index (χ1v) is 8.85. The SMILES string of the molecule is Cc1ccnn1-c1ccc(C(=O)OCc2nc(-c3ccc(Cl)cc3)no2)cc1. The van der Waals surface area contributed by atoms with E-state index in [1.165, 1.54) is 0 Å². The number of hydrogen-bond acceptors (Lipinski definition) is 6. The van der Waals surface area contributed by atoms with E-state index in [-0.39, 0.29) is 12.5 Å². The van der Waals surface area contributed by atoms with Crippen LogP contribution in [0.1, 0.15) is 21.9 Å². The summed E-state index contributed by atoms with van der Waals surface area (Å²) in [7, 11) is 0. The predicted molar refractivity (Wildman–Crippen MR) is 102 cm³/mol. The van der Waals surface area contributed by atoms with Crippen LogP contribution >= 0.6 is 11.6 Å². The molecule has 0 saturated heterocycles. The fourth-order valence-corrected chi connectivity index (χ4v) is 2.74. The summed E-state index contributed by atoms with van der Waals surface area (Å²) in [5.74, 6) is 0.138. The minimum Gasteiger partial charge on any atom is -0.452 e. The van der Waals surface area contributed by atoms with Crippen molar-refractivity contribution in [2.45, 2.75) is 13.5 Å². The molecule has 4 rings (SSSR count). The van der Waals surface area contributed by atoms with Crippen LogP contribution in [0.3, 0.4) is 0 Å². The molecule has 28 heavy (non-hydrogen) atoms. The number of ether oxygens (including phenoxy) is 1. The van der Waals surface area contributed by atoms with Crippen LogP contribution in [0.25, 0.3) is 17.1 Å². The smallest absolute Gasteiger partial charge is 0.338 e. The summed E-state index contributed by atoms with van der Waals surface area (Å²) < 4.78 is 12.2. The van der Waals surface area contributed by atoms with Gasteiger partial charge in [-0.1, -0.05) is 16.8 Å². The normalized spacial score (nSPS) is 10.8. The quantitative estimate of drug-likeness (QED) is 0.471. The molecule has 0 radical (unpaired) electrons. The predicted octanol–water partition coefficient (Wildman–Crippen LogP) is 4.24. The number of benzene rings is 2. The summed E-state index contributed by atoms with van der Waals surface area (Å²) in [6.45, 7) is 1.84.